The summed E-state index contributed by atoms with van der Waals surface area (Å²) in [7, 11) is -7.20. The average Bonchev–Trinajstić information content (AvgIpc) is 2.87. The van der Waals surface area contributed by atoms with Crippen molar-refractivity contribution < 1.29 is 26.6 Å². The van der Waals surface area contributed by atoms with Crippen LogP contribution < -0.4 is 9.05 Å². The van der Waals surface area contributed by atoms with Crippen molar-refractivity contribution in [1.29, 1.82) is 0 Å². The summed E-state index contributed by atoms with van der Waals surface area (Å²) < 4.78 is 52.6. The second-order valence-corrected chi connectivity index (χ2v) is 9.09. The molecule has 8 heteroatoms. The van der Waals surface area contributed by atoms with Crippen LogP contribution in [0.1, 0.15) is 6.42 Å². The Labute approximate surface area is 140 Å². The molecule has 0 spiro atoms. The summed E-state index contributed by atoms with van der Waals surface area (Å²) in [4.78, 5) is 0. The maximum Gasteiger partial charge on any atom is 0.587 e. The Morgan fingerprint density at radius 3 is 1.79 bits per heavy atom. The maximum atomic E-state index is 13.1. The van der Waals surface area contributed by atoms with Gasteiger partial charge >= 0.3 is 7.82 Å². The highest BCUT2D eigenvalue weighted by molar-refractivity contribution is 7.91. The van der Waals surface area contributed by atoms with Gasteiger partial charge in [-0.05, 0) is 30.7 Å². The molecular formula is C16H17O6PS. The van der Waals surface area contributed by atoms with Gasteiger partial charge in [-0.2, -0.15) is 0 Å². The van der Waals surface area contributed by atoms with Crippen molar-refractivity contribution in [3.8, 4) is 11.5 Å². The van der Waals surface area contributed by atoms with Gasteiger partial charge in [0.2, 0.25) is 0 Å². The molecule has 2 aromatic rings. The van der Waals surface area contributed by atoms with Crippen LogP contribution in [0.5, 0.6) is 11.5 Å². The molecule has 128 valence electrons. The van der Waals surface area contributed by atoms with Crippen LogP contribution >= 0.6 is 7.82 Å². The van der Waals surface area contributed by atoms with Gasteiger partial charge in [-0.15, -0.1) is 0 Å². The summed E-state index contributed by atoms with van der Waals surface area (Å²) in [5.41, 5.74) is 0. The summed E-state index contributed by atoms with van der Waals surface area (Å²) in [6, 6.07) is 17.0. The van der Waals surface area contributed by atoms with Gasteiger partial charge in [-0.3, -0.25) is 4.52 Å². The molecular weight excluding hydrogens is 351 g/mol. The average molecular weight is 368 g/mol. The van der Waals surface area contributed by atoms with Gasteiger partial charge in [0.15, 0.2) is 9.84 Å². The molecule has 1 saturated heterocycles. The third kappa shape index (κ3) is 4.60. The van der Waals surface area contributed by atoms with E-state index in [-0.39, 0.29) is 17.9 Å². The number of hydrogen-bond acceptors (Lipinski definition) is 6. The highest BCUT2D eigenvalue weighted by Crippen LogP contribution is 2.51. The second-order valence-electron chi connectivity index (χ2n) is 5.39. The lowest BCUT2D eigenvalue weighted by Crippen LogP contribution is -2.17. The quantitative estimate of drug-likeness (QED) is 0.727. The van der Waals surface area contributed by atoms with Gasteiger partial charge in [0.1, 0.15) is 11.5 Å². The monoisotopic (exact) mass is 368 g/mol. The zero-order valence-electron chi connectivity index (χ0n) is 12.8. The van der Waals surface area contributed by atoms with Crippen LogP contribution in [-0.2, 0) is 18.9 Å². The van der Waals surface area contributed by atoms with Crippen molar-refractivity contribution in [2.45, 2.75) is 12.5 Å². The summed E-state index contributed by atoms with van der Waals surface area (Å²) in [6.07, 6.45) is -0.448. The van der Waals surface area contributed by atoms with Crippen molar-refractivity contribution in [2.75, 3.05) is 11.5 Å². The molecule has 0 amide bonds. The van der Waals surface area contributed by atoms with E-state index in [0.29, 0.717) is 11.5 Å². The summed E-state index contributed by atoms with van der Waals surface area (Å²) in [6.45, 7) is 0. The van der Waals surface area contributed by atoms with E-state index in [1.807, 2.05) is 0 Å². The third-order valence-corrected chi connectivity index (χ3v) is 6.55. The molecule has 1 unspecified atom stereocenters. The lowest BCUT2D eigenvalue weighted by atomic mass is 10.3. The summed E-state index contributed by atoms with van der Waals surface area (Å²) >= 11 is 0. The Balaban J connectivity index is 1.81. The molecule has 0 aliphatic carbocycles. The van der Waals surface area contributed by atoms with Gasteiger partial charge in [-0.25, -0.2) is 13.0 Å². The molecule has 0 aromatic heterocycles. The smallest absolute Gasteiger partial charge is 0.395 e. The number of phosphoric ester groups is 1. The van der Waals surface area contributed by atoms with Crippen LogP contribution in [0.15, 0.2) is 60.7 Å². The van der Waals surface area contributed by atoms with Crippen LogP contribution in [0.2, 0.25) is 0 Å². The van der Waals surface area contributed by atoms with Gasteiger partial charge in [-0.1, -0.05) is 36.4 Å². The van der Waals surface area contributed by atoms with Crippen LogP contribution in [-0.4, -0.2) is 26.0 Å². The first-order chi connectivity index (χ1) is 11.4. The van der Waals surface area contributed by atoms with E-state index in [2.05, 4.69) is 0 Å². The van der Waals surface area contributed by atoms with Crippen molar-refractivity contribution in [2.24, 2.45) is 0 Å². The Kier molecular flexibility index (Phi) is 4.94. The molecule has 1 fully saturated rings. The fraction of sp³-hybridized carbons (Fsp3) is 0.250. The van der Waals surface area contributed by atoms with Crippen molar-refractivity contribution >= 4 is 17.7 Å². The van der Waals surface area contributed by atoms with Gasteiger partial charge in [0, 0.05) is 0 Å². The topological polar surface area (TPSA) is 78.9 Å². The Morgan fingerprint density at radius 1 is 0.875 bits per heavy atom. The van der Waals surface area contributed by atoms with E-state index in [9.17, 15) is 13.0 Å². The highest BCUT2D eigenvalue weighted by atomic mass is 32.2. The maximum absolute atomic E-state index is 13.1. The van der Waals surface area contributed by atoms with Crippen molar-refractivity contribution in [3.05, 3.63) is 60.7 Å². The zero-order valence-corrected chi connectivity index (χ0v) is 14.5. The molecule has 6 nitrogen and oxygen atoms in total. The van der Waals surface area contributed by atoms with E-state index < -0.39 is 23.8 Å². The van der Waals surface area contributed by atoms with E-state index in [0.717, 1.165) is 0 Å². The normalized spacial score (nSPS) is 19.8. The second kappa shape index (κ2) is 6.97. The van der Waals surface area contributed by atoms with Gasteiger partial charge in [0.05, 0.1) is 17.6 Å². The first-order valence-electron chi connectivity index (χ1n) is 7.42. The fourth-order valence-corrected chi connectivity index (χ4v) is 5.43. The molecule has 1 heterocycles. The zero-order chi connectivity index (χ0) is 17.0. The molecule has 1 atom stereocenters. The molecule has 1 aliphatic rings. The fourth-order valence-electron chi connectivity index (χ4n) is 2.31. The predicted octanol–water partition coefficient (Wildman–Crippen LogP) is 3.46. The number of benzene rings is 2. The Morgan fingerprint density at radius 2 is 1.38 bits per heavy atom. The third-order valence-electron chi connectivity index (χ3n) is 3.39. The lowest BCUT2D eigenvalue weighted by molar-refractivity contribution is 0.159. The van der Waals surface area contributed by atoms with E-state index >= 15 is 0 Å². The minimum Gasteiger partial charge on any atom is -0.395 e. The minimum absolute atomic E-state index is 0.00827. The van der Waals surface area contributed by atoms with Gasteiger partial charge < -0.3 is 9.05 Å². The number of rotatable bonds is 6. The summed E-state index contributed by atoms with van der Waals surface area (Å²) in [5.74, 6) is 0.456. The van der Waals surface area contributed by atoms with E-state index in [1.165, 1.54) is 0 Å². The number of para-hydroxylation sites is 2. The van der Waals surface area contributed by atoms with Crippen LogP contribution in [0.3, 0.4) is 0 Å². The van der Waals surface area contributed by atoms with Gasteiger partial charge in [0.25, 0.3) is 0 Å². The molecule has 24 heavy (non-hydrogen) atoms. The standard InChI is InChI=1S/C16H17O6PS/c17-23(20-14-7-3-1-4-8-14,21-15-9-5-2-6-10-15)22-16-11-12-24(18,19)13-16/h1-10,16H,11-13H2. The molecule has 3 rings (SSSR count). The van der Waals surface area contributed by atoms with E-state index in [1.54, 1.807) is 60.7 Å². The van der Waals surface area contributed by atoms with Crippen LogP contribution in [0.25, 0.3) is 0 Å². The molecule has 1 aliphatic heterocycles. The van der Waals surface area contributed by atoms with Crippen LogP contribution in [0.4, 0.5) is 0 Å². The lowest BCUT2D eigenvalue weighted by Gasteiger charge is -2.21. The van der Waals surface area contributed by atoms with Crippen LogP contribution in [0, 0.1) is 0 Å². The highest BCUT2D eigenvalue weighted by Gasteiger charge is 2.39. The molecule has 0 N–H and O–H groups in total. The number of sulfone groups is 1. The molecule has 0 bridgehead atoms. The largest absolute Gasteiger partial charge is 0.587 e. The first-order valence-corrected chi connectivity index (χ1v) is 10.7. The number of hydrogen-bond donors (Lipinski definition) is 0. The SMILES string of the molecule is O=P(Oc1ccccc1)(Oc1ccccc1)OC1CCS(=O)(=O)C1. The molecule has 2 aromatic carbocycles. The predicted molar refractivity (Wildman–Crippen MR) is 89.9 cm³/mol. The summed E-state index contributed by atoms with van der Waals surface area (Å²) in [5, 5.41) is 0. The van der Waals surface area contributed by atoms with Crippen molar-refractivity contribution in [3.63, 3.8) is 0 Å². The first kappa shape index (κ1) is 17.0. The molecule has 0 saturated carbocycles. The van der Waals surface area contributed by atoms with Crippen molar-refractivity contribution in [1.82, 2.24) is 0 Å². The van der Waals surface area contributed by atoms with E-state index in [4.69, 9.17) is 13.6 Å². The number of phosphoric acid groups is 1. The Bertz CT molecular complexity index is 777. The minimum atomic E-state index is -4.03. The Hall–Kier alpha value is -1.82. The molecule has 0 radical (unpaired) electrons.